The lowest BCUT2D eigenvalue weighted by Crippen LogP contribution is -2.37. The summed E-state index contributed by atoms with van der Waals surface area (Å²) in [7, 11) is 1.60. The molecule has 7 nitrogen and oxygen atoms in total. The van der Waals surface area contributed by atoms with Crippen LogP contribution in [0, 0.1) is 0 Å². The van der Waals surface area contributed by atoms with Crippen molar-refractivity contribution in [3.8, 4) is 17.2 Å². The van der Waals surface area contributed by atoms with Crippen molar-refractivity contribution in [1.82, 2.24) is 15.0 Å². The second-order valence-electron chi connectivity index (χ2n) is 5.76. The first-order chi connectivity index (χ1) is 11.4. The van der Waals surface area contributed by atoms with Crippen LogP contribution >= 0.6 is 0 Å². The van der Waals surface area contributed by atoms with E-state index in [1.54, 1.807) is 31.4 Å². The summed E-state index contributed by atoms with van der Waals surface area (Å²) in [5.74, 6) is 0.152. The number of aromatic nitrogens is 3. The highest BCUT2D eigenvalue weighted by molar-refractivity contribution is 5.77. The molecule has 0 unspecified atom stereocenters. The number of carbonyl (C=O) groups is 1. The van der Waals surface area contributed by atoms with Crippen LogP contribution in [0.5, 0.6) is 11.5 Å². The van der Waals surface area contributed by atoms with E-state index in [2.05, 4.69) is 10.2 Å². The lowest BCUT2D eigenvalue weighted by Gasteiger charge is -2.21. The Morgan fingerprint density at radius 1 is 1.04 bits per heavy atom. The molecule has 24 heavy (non-hydrogen) atoms. The summed E-state index contributed by atoms with van der Waals surface area (Å²) in [6.07, 6.45) is 0. The van der Waals surface area contributed by atoms with Crippen LogP contribution in [0.1, 0.15) is 13.8 Å². The molecule has 0 atom stereocenters. The van der Waals surface area contributed by atoms with Crippen LogP contribution in [0.25, 0.3) is 16.7 Å². The summed E-state index contributed by atoms with van der Waals surface area (Å²) >= 11 is 0. The fourth-order valence-corrected chi connectivity index (χ4v) is 2.12. The molecule has 1 heterocycles. The summed E-state index contributed by atoms with van der Waals surface area (Å²) in [6, 6.07) is 12.4. The van der Waals surface area contributed by atoms with E-state index in [9.17, 15) is 4.79 Å². The number of benzene rings is 2. The monoisotopic (exact) mass is 327 g/mol. The zero-order chi connectivity index (χ0) is 17.3. The summed E-state index contributed by atoms with van der Waals surface area (Å²) in [5.41, 5.74) is 0.923. The molecule has 0 fully saturated rings. The van der Waals surface area contributed by atoms with Crippen LogP contribution in [-0.2, 0) is 4.79 Å². The number of rotatable bonds is 5. The predicted octanol–water partition coefficient (Wildman–Crippen LogP) is 2.67. The Bertz CT molecular complexity index is 884. The third kappa shape index (κ3) is 3.01. The van der Waals surface area contributed by atoms with Gasteiger partial charge >= 0.3 is 5.97 Å². The lowest BCUT2D eigenvalue weighted by atomic mass is 10.1. The van der Waals surface area contributed by atoms with Gasteiger partial charge in [0.1, 0.15) is 22.5 Å². The van der Waals surface area contributed by atoms with Gasteiger partial charge in [0.2, 0.25) is 0 Å². The first kappa shape index (κ1) is 15.8. The van der Waals surface area contributed by atoms with Crippen LogP contribution < -0.4 is 9.47 Å². The van der Waals surface area contributed by atoms with Gasteiger partial charge in [-0.3, -0.25) is 0 Å². The van der Waals surface area contributed by atoms with Gasteiger partial charge < -0.3 is 14.6 Å². The fraction of sp³-hybridized carbons (Fsp3) is 0.235. The SMILES string of the molecule is COc1ccc2nn(-c3ccc(OC(C)(C)C(=O)O)cc3)nc2c1. The van der Waals surface area contributed by atoms with Crippen molar-refractivity contribution in [3.63, 3.8) is 0 Å². The number of nitrogens with zero attached hydrogens (tertiary/aromatic N) is 3. The molecule has 0 saturated carbocycles. The molecule has 0 aliphatic carbocycles. The second kappa shape index (κ2) is 5.84. The van der Waals surface area contributed by atoms with Crippen molar-refractivity contribution >= 4 is 17.0 Å². The number of fused-ring (bicyclic) bond motifs is 1. The van der Waals surface area contributed by atoms with Gasteiger partial charge in [-0.1, -0.05) is 0 Å². The zero-order valence-corrected chi connectivity index (χ0v) is 13.6. The number of aliphatic carboxylic acids is 1. The fourth-order valence-electron chi connectivity index (χ4n) is 2.12. The Morgan fingerprint density at radius 3 is 2.29 bits per heavy atom. The van der Waals surface area contributed by atoms with Crippen LogP contribution in [0.4, 0.5) is 0 Å². The molecule has 2 aromatic carbocycles. The molecular formula is C17H17N3O4. The Kier molecular flexibility index (Phi) is 3.84. The van der Waals surface area contributed by atoms with E-state index in [1.165, 1.54) is 18.6 Å². The third-order valence-electron chi connectivity index (χ3n) is 3.54. The minimum Gasteiger partial charge on any atom is -0.497 e. The van der Waals surface area contributed by atoms with Crippen LogP contribution in [0.3, 0.4) is 0 Å². The van der Waals surface area contributed by atoms with Crippen molar-refractivity contribution in [3.05, 3.63) is 42.5 Å². The molecule has 1 N–H and O–H groups in total. The van der Waals surface area contributed by atoms with Crippen molar-refractivity contribution in [2.24, 2.45) is 0 Å². The highest BCUT2D eigenvalue weighted by atomic mass is 16.5. The average molecular weight is 327 g/mol. The van der Waals surface area contributed by atoms with Gasteiger partial charge in [0.25, 0.3) is 0 Å². The Balaban J connectivity index is 1.87. The van der Waals surface area contributed by atoms with Gasteiger partial charge in [0, 0.05) is 6.07 Å². The maximum absolute atomic E-state index is 11.1. The van der Waals surface area contributed by atoms with Crippen LogP contribution in [-0.4, -0.2) is 38.8 Å². The highest BCUT2D eigenvalue weighted by Gasteiger charge is 2.29. The number of carboxylic acids is 1. The van der Waals surface area contributed by atoms with E-state index in [4.69, 9.17) is 14.6 Å². The van der Waals surface area contributed by atoms with Crippen molar-refractivity contribution in [2.45, 2.75) is 19.4 Å². The van der Waals surface area contributed by atoms with E-state index in [0.29, 0.717) is 11.5 Å². The first-order valence-corrected chi connectivity index (χ1v) is 7.33. The molecule has 0 saturated heterocycles. The van der Waals surface area contributed by atoms with E-state index in [-0.39, 0.29) is 0 Å². The Morgan fingerprint density at radius 2 is 1.67 bits per heavy atom. The molecule has 0 aliphatic rings. The average Bonchev–Trinajstić information content (AvgIpc) is 2.98. The third-order valence-corrected chi connectivity index (χ3v) is 3.54. The largest absolute Gasteiger partial charge is 0.497 e. The number of hydrogen-bond acceptors (Lipinski definition) is 5. The van der Waals surface area contributed by atoms with Gasteiger partial charge in [0.05, 0.1) is 12.8 Å². The molecule has 3 rings (SSSR count). The summed E-state index contributed by atoms with van der Waals surface area (Å²) < 4.78 is 10.7. The molecule has 0 spiro atoms. The minimum absolute atomic E-state index is 0.463. The highest BCUT2D eigenvalue weighted by Crippen LogP contribution is 2.22. The standard InChI is InChI=1S/C17H17N3O4/c1-17(2,16(21)22)24-12-6-4-11(5-7-12)20-18-14-9-8-13(23-3)10-15(14)19-20/h4-10H,1-3H3,(H,21,22). The van der Waals surface area contributed by atoms with Gasteiger partial charge in [-0.2, -0.15) is 4.80 Å². The molecule has 0 radical (unpaired) electrons. The predicted molar refractivity (Wildman–Crippen MR) is 87.8 cm³/mol. The molecule has 0 bridgehead atoms. The second-order valence-corrected chi connectivity index (χ2v) is 5.76. The van der Waals surface area contributed by atoms with E-state index < -0.39 is 11.6 Å². The summed E-state index contributed by atoms with van der Waals surface area (Å²) in [6.45, 7) is 3.00. The zero-order valence-electron chi connectivity index (χ0n) is 13.6. The van der Waals surface area contributed by atoms with Crippen molar-refractivity contribution in [2.75, 3.05) is 7.11 Å². The maximum atomic E-state index is 11.1. The van der Waals surface area contributed by atoms with E-state index in [0.717, 1.165) is 16.7 Å². The molecule has 1 aromatic heterocycles. The summed E-state index contributed by atoms with van der Waals surface area (Å²) in [5, 5.41) is 17.9. The topological polar surface area (TPSA) is 86.5 Å². The number of hydrogen-bond donors (Lipinski definition) is 1. The van der Waals surface area contributed by atoms with Crippen molar-refractivity contribution < 1.29 is 19.4 Å². The molecule has 0 amide bonds. The normalized spacial score (nSPS) is 11.5. The van der Waals surface area contributed by atoms with Crippen molar-refractivity contribution in [1.29, 1.82) is 0 Å². The van der Waals surface area contributed by atoms with Gasteiger partial charge in [0.15, 0.2) is 5.60 Å². The number of ether oxygens (including phenoxy) is 2. The van der Waals surface area contributed by atoms with Gasteiger partial charge in [-0.05, 0) is 50.2 Å². The minimum atomic E-state index is -1.29. The number of methoxy groups -OCH3 is 1. The Labute approximate surface area is 138 Å². The quantitative estimate of drug-likeness (QED) is 0.775. The molecule has 0 aliphatic heterocycles. The van der Waals surface area contributed by atoms with Gasteiger partial charge in [-0.25, -0.2) is 4.79 Å². The van der Waals surface area contributed by atoms with E-state index in [1.807, 2.05) is 18.2 Å². The maximum Gasteiger partial charge on any atom is 0.347 e. The molecule has 3 aromatic rings. The molecule has 7 heteroatoms. The Hall–Kier alpha value is -3.09. The van der Waals surface area contributed by atoms with Crippen LogP contribution in [0.15, 0.2) is 42.5 Å². The number of carboxylic acid groups (broad SMARTS) is 1. The van der Waals surface area contributed by atoms with Crippen LogP contribution in [0.2, 0.25) is 0 Å². The molecular weight excluding hydrogens is 310 g/mol. The summed E-state index contributed by atoms with van der Waals surface area (Å²) in [4.78, 5) is 12.6. The van der Waals surface area contributed by atoms with E-state index >= 15 is 0 Å². The van der Waals surface area contributed by atoms with Gasteiger partial charge in [-0.15, -0.1) is 10.2 Å². The first-order valence-electron chi connectivity index (χ1n) is 7.33. The lowest BCUT2D eigenvalue weighted by molar-refractivity contribution is -0.152. The smallest absolute Gasteiger partial charge is 0.347 e. The molecule has 124 valence electrons.